The predicted octanol–water partition coefficient (Wildman–Crippen LogP) is 2.06. The minimum Gasteiger partial charge on any atom is -0.329 e. The minimum atomic E-state index is 0.475. The largest absolute Gasteiger partial charge is 0.329 e. The molecule has 78 valence electrons. The van der Waals surface area contributed by atoms with Gasteiger partial charge in [-0.2, -0.15) is 0 Å². The molecule has 0 heterocycles. The lowest BCUT2D eigenvalue weighted by atomic mass is 10.1. The monoisotopic (exact) mass is 184 g/mol. The third-order valence-electron chi connectivity index (χ3n) is 2.13. The van der Waals surface area contributed by atoms with E-state index in [1.165, 1.54) is 31.3 Å². The molecule has 2 heteroatoms. The maximum Gasteiger partial charge on any atom is 0.0193 e. The van der Waals surface area contributed by atoms with Gasteiger partial charge in [-0.25, -0.2) is 0 Å². The molecule has 0 rings (SSSR count). The maximum atomic E-state index is 5.65. The average Bonchev–Trinajstić information content (AvgIpc) is 2.10. The Bertz CT molecular complexity index is 132. The molecular formula is C11H24N2. The van der Waals surface area contributed by atoms with E-state index in [9.17, 15) is 0 Å². The molecule has 0 aliphatic rings. The van der Waals surface area contributed by atoms with Crippen molar-refractivity contribution >= 4 is 0 Å². The molecule has 1 atom stereocenters. The summed E-state index contributed by atoms with van der Waals surface area (Å²) in [5.74, 6) is 0. The van der Waals surface area contributed by atoms with Gasteiger partial charge in [0.2, 0.25) is 0 Å². The summed E-state index contributed by atoms with van der Waals surface area (Å²) in [5.41, 5.74) is 6.82. The Morgan fingerprint density at radius 3 is 2.62 bits per heavy atom. The van der Waals surface area contributed by atoms with Crippen molar-refractivity contribution < 1.29 is 0 Å². The highest BCUT2D eigenvalue weighted by Gasteiger charge is 2.04. The summed E-state index contributed by atoms with van der Waals surface area (Å²) in [6, 6.07) is 0.475. The van der Waals surface area contributed by atoms with Crippen molar-refractivity contribution in [2.24, 2.45) is 5.73 Å². The van der Waals surface area contributed by atoms with Crippen LogP contribution in [0, 0.1) is 0 Å². The second-order valence-electron chi connectivity index (χ2n) is 3.77. The van der Waals surface area contributed by atoms with E-state index in [0.29, 0.717) is 6.04 Å². The molecule has 0 fully saturated rings. The van der Waals surface area contributed by atoms with Gasteiger partial charge in [0, 0.05) is 19.1 Å². The molecule has 1 unspecified atom stereocenters. The smallest absolute Gasteiger partial charge is 0.0193 e. The quantitative estimate of drug-likeness (QED) is 0.447. The summed E-state index contributed by atoms with van der Waals surface area (Å²) in [6.45, 7) is 9.74. The highest BCUT2D eigenvalue weighted by Crippen LogP contribution is 2.02. The van der Waals surface area contributed by atoms with Gasteiger partial charge >= 0.3 is 0 Å². The van der Waals surface area contributed by atoms with Crippen LogP contribution in [0.4, 0.5) is 0 Å². The van der Waals surface area contributed by atoms with Crippen LogP contribution in [0.5, 0.6) is 0 Å². The summed E-state index contributed by atoms with van der Waals surface area (Å²) in [4.78, 5) is 0. The second-order valence-corrected chi connectivity index (χ2v) is 3.77. The number of nitrogens with two attached hydrogens (primary N) is 1. The number of nitrogens with one attached hydrogen (secondary N) is 1. The molecule has 3 N–H and O–H groups in total. The first-order valence-electron chi connectivity index (χ1n) is 5.28. The van der Waals surface area contributed by atoms with Crippen LogP contribution in [0.15, 0.2) is 12.2 Å². The van der Waals surface area contributed by atoms with Crippen LogP contribution in [-0.4, -0.2) is 19.1 Å². The first-order valence-corrected chi connectivity index (χ1v) is 5.28. The minimum absolute atomic E-state index is 0.475. The third kappa shape index (κ3) is 8.00. The standard InChI is InChI=1S/C11H24N2/c1-4-5-6-7-11(8-12)13-9-10(2)3/h11,13H,2,4-9,12H2,1,3H3. The summed E-state index contributed by atoms with van der Waals surface area (Å²) in [7, 11) is 0. The van der Waals surface area contributed by atoms with Crippen molar-refractivity contribution in [3.63, 3.8) is 0 Å². The summed E-state index contributed by atoms with van der Waals surface area (Å²) in [5, 5.41) is 3.40. The molecule has 2 nitrogen and oxygen atoms in total. The van der Waals surface area contributed by atoms with Crippen molar-refractivity contribution in [3.05, 3.63) is 12.2 Å². The molecule has 0 saturated heterocycles. The Balaban J connectivity index is 3.45. The van der Waals surface area contributed by atoms with Gasteiger partial charge in [-0.1, -0.05) is 38.3 Å². The molecule has 0 radical (unpaired) electrons. The SMILES string of the molecule is C=C(C)CNC(CN)CCCCC. The Morgan fingerprint density at radius 2 is 2.15 bits per heavy atom. The topological polar surface area (TPSA) is 38.0 Å². The molecule has 0 aromatic rings. The maximum absolute atomic E-state index is 5.65. The molecule has 0 saturated carbocycles. The molecule has 0 aromatic carbocycles. The Labute approximate surface area is 82.6 Å². The fourth-order valence-electron chi connectivity index (χ4n) is 1.26. The normalized spacial score (nSPS) is 12.8. The zero-order valence-corrected chi connectivity index (χ0v) is 9.10. The van der Waals surface area contributed by atoms with Crippen LogP contribution in [0.1, 0.15) is 39.5 Å². The summed E-state index contributed by atoms with van der Waals surface area (Å²) >= 11 is 0. The molecule has 0 spiro atoms. The van der Waals surface area contributed by atoms with E-state index >= 15 is 0 Å². The summed E-state index contributed by atoms with van der Waals surface area (Å²) < 4.78 is 0. The fourth-order valence-corrected chi connectivity index (χ4v) is 1.26. The van der Waals surface area contributed by atoms with Gasteiger partial charge in [-0.15, -0.1) is 0 Å². The van der Waals surface area contributed by atoms with Crippen LogP contribution < -0.4 is 11.1 Å². The van der Waals surface area contributed by atoms with Crippen molar-refractivity contribution in [2.75, 3.05) is 13.1 Å². The van der Waals surface area contributed by atoms with E-state index in [1.54, 1.807) is 0 Å². The van der Waals surface area contributed by atoms with Crippen LogP contribution in [-0.2, 0) is 0 Å². The van der Waals surface area contributed by atoms with Gasteiger partial charge in [0.25, 0.3) is 0 Å². The first-order chi connectivity index (χ1) is 6.20. The van der Waals surface area contributed by atoms with Gasteiger partial charge in [-0.3, -0.25) is 0 Å². The van der Waals surface area contributed by atoms with Crippen LogP contribution >= 0.6 is 0 Å². The Kier molecular flexibility index (Phi) is 8.05. The summed E-state index contributed by atoms with van der Waals surface area (Å²) in [6.07, 6.45) is 5.06. The van der Waals surface area contributed by atoms with E-state index in [0.717, 1.165) is 13.1 Å². The van der Waals surface area contributed by atoms with Crippen molar-refractivity contribution in [1.82, 2.24) is 5.32 Å². The van der Waals surface area contributed by atoms with Crippen LogP contribution in [0.2, 0.25) is 0 Å². The van der Waals surface area contributed by atoms with E-state index in [2.05, 4.69) is 18.8 Å². The van der Waals surface area contributed by atoms with Gasteiger partial charge in [-0.05, 0) is 13.3 Å². The van der Waals surface area contributed by atoms with Gasteiger partial charge < -0.3 is 11.1 Å². The molecule has 13 heavy (non-hydrogen) atoms. The van der Waals surface area contributed by atoms with Gasteiger partial charge in [0.1, 0.15) is 0 Å². The lowest BCUT2D eigenvalue weighted by molar-refractivity contribution is 0.481. The number of hydrogen-bond acceptors (Lipinski definition) is 2. The first kappa shape index (κ1) is 12.7. The van der Waals surface area contributed by atoms with Gasteiger partial charge in [0.05, 0.1) is 0 Å². The Hall–Kier alpha value is -0.340. The second kappa shape index (κ2) is 8.27. The number of unbranched alkanes of at least 4 members (excludes halogenated alkanes) is 2. The zero-order chi connectivity index (χ0) is 10.1. The number of rotatable bonds is 8. The fraction of sp³-hybridized carbons (Fsp3) is 0.818. The van der Waals surface area contributed by atoms with Gasteiger partial charge in [0.15, 0.2) is 0 Å². The number of hydrogen-bond donors (Lipinski definition) is 2. The van der Waals surface area contributed by atoms with E-state index in [4.69, 9.17) is 5.73 Å². The average molecular weight is 184 g/mol. The van der Waals surface area contributed by atoms with E-state index in [-0.39, 0.29) is 0 Å². The highest BCUT2D eigenvalue weighted by molar-refractivity contribution is 4.91. The molecule has 0 bridgehead atoms. The van der Waals surface area contributed by atoms with Crippen LogP contribution in [0.3, 0.4) is 0 Å². The lowest BCUT2D eigenvalue weighted by Crippen LogP contribution is -2.36. The van der Waals surface area contributed by atoms with E-state index < -0.39 is 0 Å². The van der Waals surface area contributed by atoms with Crippen LogP contribution in [0.25, 0.3) is 0 Å². The van der Waals surface area contributed by atoms with E-state index in [1.807, 2.05) is 6.92 Å². The Morgan fingerprint density at radius 1 is 1.46 bits per heavy atom. The third-order valence-corrected chi connectivity index (χ3v) is 2.13. The molecule has 0 aliphatic heterocycles. The highest BCUT2D eigenvalue weighted by atomic mass is 14.9. The van der Waals surface area contributed by atoms with Crippen molar-refractivity contribution in [2.45, 2.75) is 45.6 Å². The molecule has 0 aromatic heterocycles. The molecule has 0 aliphatic carbocycles. The molecule has 0 amide bonds. The van der Waals surface area contributed by atoms with Crippen molar-refractivity contribution in [3.8, 4) is 0 Å². The van der Waals surface area contributed by atoms with Crippen molar-refractivity contribution in [1.29, 1.82) is 0 Å². The lowest BCUT2D eigenvalue weighted by Gasteiger charge is -2.16. The zero-order valence-electron chi connectivity index (χ0n) is 9.10. The predicted molar refractivity (Wildman–Crippen MR) is 59.8 cm³/mol. The molecular weight excluding hydrogens is 160 g/mol.